The zero-order valence-corrected chi connectivity index (χ0v) is 14.1. The molecule has 1 aromatic carbocycles. The number of aryl methyl sites for hydroxylation is 1. The Kier molecular flexibility index (Phi) is 6.10. The first kappa shape index (κ1) is 16.4. The number of hydrogen-bond donors (Lipinski definition) is 1. The minimum Gasteiger partial charge on any atom is -0.492 e. The lowest BCUT2D eigenvalue weighted by molar-refractivity contribution is 0.219. The SMILES string of the molecule is CCNC(COc1ccc(C(C)C)c(C)c1)C1CCCC1. The summed E-state index contributed by atoms with van der Waals surface area (Å²) >= 11 is 0. The number of nitrogens with one attached hydrogen (secondary N) is 1. The van der Waals surface area contributed by atoms with Gasteiger partial charge in [0.15, 0.2) is 0 Å². The van der Waals surface area contributed by atoms with E-state index in [1.165, 1.54) is 36.8 Å². The fourth-order valence-corrected chi connectivity index (χ4v) is 3.56. The Morgan fingerprint density at radius 2 is 1.95 bits per heavy atom. The molecule has 0 saturated heterocycles. The van der Waals surface area contributed by atoms with Crippen LogP contribution in [0.15, 0.2) is 18.2 Å². The summed E-state index contributed by atoms with van der Waals surface area (Å²) in [7, 11) is 0. The van der Waals surface area contributed by atoms with Crippen molar-refractivity contribution in [2.24, 2.45) is 5.92 Å². The van der Waals surface area contributed by atoms with Crippen LogP contribution in [0.1, 0.15) is 63.5 Å². The molecule has 1 aliphatic carbocycles. The fraction of sp³-hybridized carbons (Fsp3) is 0.684. The fourth-order valence-electron chi connectivity index (χ4n) is 3.56. The van der Waals surface area contributed by atoms with E-state index in [1.807, 2.05) is 0 Å². The van der Waals surface area contributed by atoms with Gasteiger partial charge in [0, 0.05) is 6.04 Å². The van der Waals surface area contributed by atoms with Crippen molar-refractivity contribution >= 4 is 0 Å². The van der Waals surface area contributed by atoms with Gasteiger partial charge in [-0.3, -0.25) is 0 Å². The van der Waals surface area contributed by atoms with Crippen LogP contribution in [-0.2, 0) is 0 Å². The smallest absolute Gasteiger partial charge is 0.119 e. The molecule has 2 heteroatoms. The third kappa shape index (κ3) is 4.47. The third-order valence-electron chi connectivity index (χ3n) is 4.73. The van der Waals surface area contributed by atoms with E-state index in [-0.39, 0.29) is 0 Å². The van der Waals surface area contributed by atoms with E-state index in [9.17, 15) is 0 Å². The monoisotopic (exact) mass is 289 g/mol. The molecule has 1 unspecified atom stereocenters. The van der Waals surface area contributed by atoms with Crippen molar-refractivity contribution in [1.82, 2.24) is 5.32 Å². The Bertz CT molecular complexity index is 435. The molecule has 0 amide bonds. The van der Waals surface area contributed by atoms with Crippen molar-refractivity contribution in [2.75, 3.05) is 13.2 Å². The zero-order valence-electron chi connectivity index (χ0n) is 14.1. The van der Waals surface area contributed by atoms with E-state index in [1.54, 1.807) is 0 Å². The van der Waals surface area contributed by atoms with Crippen LogP contribution in [0.25, 0.3) is 0 Å². The van der Waals surface area contributed by atoms with E-state index < -0.39 is 0 Å². The summed E-state index contributed by atoms with van der Waals surface area (Å²) in [5, 5.41) is 3.61. The molecule has 118 valence electrons. The van der Waals surface area contributed by atoms with Crippen molar-refractivity contribution in [3.63, 3.8) is 0 Å². The Morgan fingerprint density at radius 1 is 1.24 bits per heavy atom. The quantitative estimate of drug-likeness (QED) is 0.788. The molecule has 1 fully saturated rings. The number of ether oxygens (including phenoxy) is 1. The first-order chi connectivity index (χ1) is 10.1. The molecule has 1 saturated carbocycles. The average molecular weight is 289 g/mol. The lowest BCUT2D eigenvalue weighted by Gasteiger charge is -2.24. The first-order valence-electron chi connectivity index (χ1n) is 8.58. The van der Waals surface area contributed by atoms with Crippen molar-refractivity contribution in [3.05, 3.63) is 29.3 Å². The van der Waals surface area contributed by atoms with Crippen LogP contribution in [-0.4, -0.2) is 19.2 Å². The van der Waals surface area contributed by atoms with Crippen LogP contribution < -0.4 is 10.1 Å². The topological polar surface area (TPSA) is 21.3 Å². The van der Waals surface area contributed by atoms with Gasteiger partial charge in [-0.1, -0.05) is 39.7 Å². The lowest BCUT2D eigenvalue weighted by Crippen LogP contribution is -2.40. The molecule has 2 rings (SSSR count). The third-order valence-corrected chi connectivity index (χ3v) is 4.73. The van der Waals surface area contributed by atoms with Crippen LogP contribution in [0.2, 0.25) is 0 Å². The summed E-state index contributed by atoms with van der Waals surface area (Å²) in [6, 6.07) is 7.03. The molecule has 0 bridgehead atoms. The molecule has 1 aromatic rings. The van der Waals surface area contributed by atoms with Gasteiger partial charge >= 0.3 is 0 Å². The number of likely N-dealkylation sites (N-methyl/N-ethyl adjacent to an activating group) is 1. The van der Waals surface area contributed by atoms with Gasteiger partial charge in [-0.15, -0.1) is 0 Å². The number of benzene rings is 1. The van der Waals surface area contributed by atoms with Crippen LogP contribution in [0.3, 0.4) is 0 Å². The van der Waals surface area contributed by atoms with Gasteiger partial charge in [0.1, 0.15) is 12.4 Å². The predicted molar refractivity (Wildman–Crippen MR) is 90.2 cm³/mol. The van der Waals surface area contributed by atoms with E-state index >= 15 is 0 Å². The second-order valence-electron chi connectivity index (χ2n) is 6.69. The van der Waals surface area contributed by atoms with Crippen molar-refractivity contribution in [1.29, 1.82) is 0 Å². The van der Waals surface area contributed by atoms with Gasteiger partial charge in [0.25, 0.3) is 0 Å². The summed E-state index contributed by atoms with van der Waals surface area (Å²) in [6.07, 6.45) is 5.47. The predicted octanol–water partition coefficient (Wildman–Crippen LogP) is 4.67. The van der Waals surface area contributed by atoms with Gasteiger partial charge in [0.05, 0.1) is 0 Å². The van der Waals surface area contributed by atoms with E-state index in [0.29, 0.717) is 12.0 Å². The number of hydrogen-bond acceptors (Lipinski definition) is 2. The molecule has 0 aromatic heterocycles. The second-order valence-corrected chi connectivity index (χ2v) is 6.69. The highest BCUT2D eigenvalue weighted by atomic mass is 16.5. The Morgan fingerprint density at radius 3 is 2.52 bits per heavy atom. The largest absolute Gasteiger partial charge is 0.492 e. The summed E-state index contributed by atoms with van der Waals surface area (Å²) in [6.45, 7) is 10.7. The molecule has 1 aliphatic rings. The van der Waals surface area contributed by atoms with Crippen LogP contribution in [0.5, 0.6) is 5.75 Å². The van der Waals surface area contributed by atoms with Crippen LogP contribution >= 0.6 is 0 Å². The highest BCUT2D eigenvalue weighted by molar-refractivity contribution is 5.36. The van der Waals surface area contributed by atoms with Crippen molar-refractivity contribution in [3.8, 4) is 5.75 Å². The molecule has 1 atom stereocenters. The minimum absolute atomic E-state index is 0.502. The molecule has 21 heavy (non-hydrogen) atoms. The molecule has 0 heterocycles. The van der Waals surface area contributed by atoms with Crippen LogP contribution in [0.4, 0.5) is 0 Å². The molecule has 0 spiro atoms. The van der Waals surface area contributed by atoms with Gasteiger partial charge in [-0.05, 0) is 61.4 Å². The molecule has 2 nitrogen and oxygen atoms in total. The maximum Gasteiger partial charge on any atom is 0.119 e. The highest BCUT2D eigenvalue weighted by Gasteiger charge is 2.24. The Balaban J connectivity index is 1.95. The highest BCUT2D eigenvalue weighted by Crippen LogP contribution is 2.29. The molecule has 0 aliphatic heterocycles. The van der Waals surface area contributed by atoms with E-state index in [4.69, 9.17) is 4.74 Å². The second kappa shape index (κ2) is 7.84. The van der Waals surface area contributed by atoms with Gasteiger partial charge in [-0.25, -0.2) is 0 Å². The molecular formula is C19H31NO. The van der Waals surface area contributed by atoms with E-state index in [2.05, 4.69) is 51.2 Å². The first-order valence-corrected chi connectivity index (χ1v) is 8.58. The van der Waals surface area contributed by atoms with Gasteiger partial charge in [0.2, 0.25) is 0 Å². The van der Waals surface area contributed by atoms with Gasteiger partial charge in [-0.2, -0.15) is 0 Å². The molecule has 0 radical (unpaired) electrons. The van der Waals surface area contributed by atoms with Gasteiger partial charge < -0.3 is 10.1 Å². The molecule has 1 N–H and O–H groups in total. The standard InChI is InChI=1S/C19H31NO/c1-5-20-19(16-8-6-7-9-16)13-21-17-10-11-18(14(2)3)15(4)12-17/h10-12,14,16,19-20H,5-9,13H2,1-4H3. The number of rotatable bonds is 7. The lowest BCUT2D eigenvalue weighted by atomic mass is 9.97. The van der Waals surface area contributed by atoms with Crippen LogP contribution in [0, 0.1) is 12.8 Å². The summed E-state index contributed by atoms with van der Waals surface area (Å²) in [5.74, 6) is 2.38. The molecular weight excluding hydrogens is 258 g/mol. The Hall–Kier alpha value is -1.02. The van der Waals surface area contributed by atoms with E-state index in [0.717, 1.165) is 24.8 Å². The normalized spacial score (nSPS) is 17.4. The Labute approximate surface area is 130 Å². The maximum atomic E-state index is 6.09. The van der Waals surface area contributed by atoms with Crippen molar-refractivity contribution < 1.29 is 4.74 Å². The summed E-state index contributed by atoms with van der Waals surface area (Å²) < 4.78 is 6.09. The summed E-state index contributed by atoms with van der Waals surface area (Å²) in [5.41, 5.74) is 2.75. The zero-order chi connectivity index (χ0) is 15.2. The van der Waals surface area contributed by atoms with Crippen molar-refractivity contribution in [2.45, 2.75) is 65.3 Å². The maximum absolute atomic E-state index is 6.09. The summed E-state index contributed by atoms with van der Waals surface area (Å²) in [4.78, 5) is 0. The minimum atomic E-state index is 0.502. The average Bonchev–Trinajstić information content (AvgIpc) is 2.97.